The van der Waals surface area contributed by atoms with Gasteiger partial charge in [-0.3, -0.25) is 4.79 Å². The number of halogens is 1. The highest BCUT2D eigenvalue weighted by Gasteiger charge is 2.24. The van der Waals surface area contributed by atoms with Crippen molar-refractivity contribution in [2.75, 3.05) is 18.5 Å². The van der Waals surface area contributed by atoms with E-state index in [1.807, 2.05) is 0 Å². The highest BCUT2D eigenvalue weighted by molar-refractivity contribution is 5.91. The smallest absolute Gasteiger partial charge is 0.326 e. The molecule has 0 aliphatic carbocycles. The molecule has 2 rings (SSSR count). The van der Waals surface area contributed by atoms with Crippen LogP contribution in [0.15, 0.2) is 30.5 Å². The van der Waals surface area contributed by atoms with Crippen LogP contribution < -0.4 is 26.0 Å². The standard InChI is InChI=1S/C24H32FN7O9/c25-10-12-32-13-15(30-31-32)14-41-19-7-2-1-5-16(19)27-23(39)26-11-4-3-6-17(21(35)36)28-24(40)29-18(22(37)38)8-9-20(33)34/h1-2,5,7,13,17-18H,3-4,6,8-12,14H2,(H,33,34)(H,35,36)(H,37,38)(H2,26,27,39)(H2,28,29,40). The van der Waals surface area contributed by atoms with Crippen LogP contribution in [-0.4, -0.2) is 85.6 Å². The zero-order valence-electron chi connectivity index (χ0n) is 21.9. The molecule has 2 atom stereocenters. The zero-order chi connectivity index (χ0) is 30.2. The molecule has 7 N–H and O–H groups in total. The van der Waals surface area contributed by atoms with Gasteiger partial charge in [-0.25, -0.2) is 28.3 Å². The fourth-order valence-electron chi connectivity index (χ4n) is 3.43. The Balaban J connectivity index is 1.75. The van der Waals surface area contributed by atoms with Crippen molar-refractivity contribution in [2.24, 2.45) is 0 Å². The lowest BCUT2D eigenvalue weighted by molar-refractivity contribution is -0.140. The third-order valence-electron chi connectivity index (χ3n) is 5.47. The largest absolute Gasteiger partial charge is 0.485 e. The number of carbonyl (C=O) groups excluding carboxylic acids is 2. The maximum Gasteiger partial charge on any atom is 0.326 e. The molecule has 0 aliphatic heterocycles. The van der Waals surface area contributed by atoms with Crippen molar-refractivity contribution >= 4 is 35.7 Å². The van der Waals surface area contributed by atoms with Crippen LogP contribution >= 0.6 is 0 Å². The minimum absolute atomic E-state index is 0.00840. The highest BCUT2D eigenvalue weighted by atomic mass is 19.1. The van der Waals surface area contributed by atoms with Crippen molar-refractivity contribution < 1.29 is 48.4 Å². The highest BCUT2D eigenvalue weighted by Crippen LogP contribution is 2.24. The Morgan fingerprint density at radius 3 is 2.29 bits per heavy atom. The van der Waals surface area contributed by atoms with Crippen molar-refractivity contribution in [3.05, 3.63) is 36.2 Å². The van der Waals surface area contributed by atoms with Crippen molar-refractivity contribution in [1.29, 1.82) is 0 Å². The topological polar surface area (TPSA) is 234 Å². The lowest BCUT2D eigenvalue weighted by atomic mass is 10.1. The van der Waals surface area contributed by atoms with E-state index in [1.54, 1.807) is 30.5 Å². The number of hydrogen-bond donors (Lipinski definition) is 7. The second kappa shape index (κ2) is 16.9. The molecule has 0 spiro atoms. The Morgan fingerprint density at radius 2 is 1.63 bits per heavy atom. The fourth-order valence-corrected chi connectivity index (χ4v) is 3.43. The number of benzene rings is 1. The molecule has 4 amide bonds. The zero-order valence-corrected chi connectivity index (χ0v) is 21.9. The van der Waals surface area contributed by atoms with Gasteiger partial charge in [0.1, 0.15) is 36.8 Å². The molecule has 2 unspecified atom stereocenters. The number of aryl methyl sites for hydroxylation is 1. The molecule has 1 aromatic carbocycles. The van der Waals surface area contributed by atoms with E-state index >= 15 is 0 Å². The summed E-state index contributed by atoms with van der Waals surface area (Å²) in [4.78, 5) is 57.7. The van der Waals surface area contributed by atoms with E-state index in [0.29, 0.717) is 30.0 Å². The van der Waals surface area contributed by atoms with Crippen molar-refractivity contribution in [3.63, 3.8) is 0 Å². The van der Waals surface area contributed by atoms with Crippen molar-refractivity contribution in [2.45, 2.75) is 57.3 Å². The van der Waals surface area contributed by atoms with E-state index in [-0.39, 0.29) is 32.5 Å². The summed E-state index contributed by atoms with van der Waals surface area (Å²) in [6, 6.07) is 2.24. The van der Waals surface area contributed by atoms with Crippen LogP contribution in [0.3, 0.4) is 0 Å². The maximum absolute atomic E-state index is 12.4. The minimum atomic E-state index is -1.50. The van der Waals surface area contributed by atoms with Crippen LogP contribution in [0.1, 0.15) is 37.8 Å². The molecule has 16 nitrogen and oxygen atoms in total. The van der Waals surface area contributed by atoms with Gasteiger partial charge in [-0.1, -0.05) is 17.3 Å². The molecular weight excluding hydrogens is 549 g/mol. The summed E-state index contributed by atoms with van der Waals surface area (Å²) in [6.07, 6.45) is 1.33. The Hall–Kier alpha value is -4.96. The first-order valence-electron chi connectivity index (χ1n) is 12.5. The van der Waals surface area contributed by atoms with Gasteiger partial charge in [-0.05, 0) is 37.8 Å². The first-order valence-corrected chi connectivity index (χ1v) is 12.5. The quantitative estimate of drug-likeness (QED) is 0.123. The van der Waals surface area contributed by atoms with Crippen LogP contribution in [0, 0.1) is 0 Å². The molecule has 0 bridgehead atoms. The molecule has 41 heavy (non-hydrogen) atoms. The van der Waals surface area contributed by atoms with Gasteiger partial charge in [0.15, 0.2) is 0 Å². The number of amides is 4. The number of hydrogen-bond acceptors (Lipinski definition) is 8. The normalized spacial score (nSPS) is 12.0. The van der Waals surface area contributed by atoms with Crippen LogP contribution in [0.4, 0.5) is 19.7 Å². The average Bonchev–Trinajstić information content (AvgIpc) is 3.36. The average molecular weight is 582 g/mol. The second-order valence-electron chi connectivity index (χ2n) is 8.66. The van der Waals surface area contributed by atoms with Crippen LogP contribution in [0.5, 0.6) is 5.75 Å². The van der Waals surface area contributed by atoms with Crippen LogP contribution in [0.25, 0.3) is 0 Å². The number of alkyl halides is 1. The third kappa shape index (κ3) is 12.2. The second-order valence-corrected chi connectivity index (χ2v) is 8.66. The molecule has 0 fully saturated rings. The van der Waals surface area contributed by atoms with E-state index in [0.717, 1.165) is 0 Å². The number of urea groups is 2. The lowest BCUT2D eigenvalue weighted by Gasteiger charge is -2.18. The number of carboxylic acids is 3. The summed E-state index contributed by atoms with van der Waals surface area (Å²) in [5.74, 6) is -3.67. The van der Waals surface area contributed by atoms with Gasteiger partial charge in [0.05, 0.1) is 18.4 Å². The number of ether oxygens (including phenoxy) is 1. The Kier molecular flexibility index (Phi) is 13.3. The molecule has 2 aromatic rings. The van der Waals surface area contributed by atoms with Crippen molar-refractivity contribution in [1.82, 2.24) is 30.9 Å². The van der Waals surface area contributed by atoms with Crippen molar-refractivity contribution in [3.8, 4) is 5.75 Å². The number of nitrogens with zero attached hydrogens (tertiary/aromatic N) is 3. The summed E-state index contributed by atoms with van der Waals surface area (Å²) in [6.45, 7) is -0.270. The summed E-state index contributed by atoms with van der Waals surface area (Å²) in [5.41, 5.74) is 0.856. The van der Waals surface area contributed by atoms with Gasteiger partial charge in [0.25, 0.3) is 0 Å². The number of aliphatic carboxylic acids is 3. The first-order chi connectivity index (χ1) is 19.6. The van der Waals surface area contributed by atoms with Gasteiger partial charge in [0.2, 0.25) is 0 Å². The maximum atomic E-state index is 12.4. The molecule has 1 heterocycles. The molecule has 17 heteroatoms. The number of rotatable bonds is 18. The minimum Gasteiger partial charge on any atom is -0.485 e. The van der Waals surface area contributed by atoms with Gasteiger partial charge in [-0.15, -0.1) is 5.10 Å². The number of aromatic nitrogens is 3. The first kappa shape index (κ1) is 32.3. The molecular formula is C24H32FN7O9. The molecule has 1 aromatic heterocycles. The van der Waals surface area contributed by atoms with Gasteiger partial charge in [-0.2, -0.15) is 0 Å². The molecule has 0 saturated carbocycles. The van der Waals surface area contributed by atoms with E-state index in [1.165, 1.54) is 4.68 Å². The Labute approximate surface area is 233 Å². The SMILES string of the molecule is O=C(O)CCC(NC(=O)NC(CCCCNC(=O)Nc1ccccc1OCc1cn(CCF)nn1)C(=O)O)C(=O)O. The number of para-hydroxylation sites is 2. The van der Waals surface area contributed by atoms with Gasteiger partial charge < -0.3 is 41.3 Å². The number of nitrogens with one attached hydrogen (secondary N) is 4. The summed E-state index contributed by atoms with van der Waals surface area (Å²) in [5, 5.41) is 44.3. The Morgan fingerprint density at radius 1 is 0.951 bits per heavy atom. The number of carboxylic acid groups (broad SMARTS) is 3. The van der Waals surface area contributed by atoms with Crippen LogP contribution in [-0.2, 0) is 27.5 Å². The monoisotopic (exact) mass is 581 g/mol. The van der Waals surface area contributed by atoms with Gasteiger partial charge >= 0.3 is 30.0 Å². The van der Waals surface area contributed by atoms with E-state index < -0.39 is 55.1 Å². The Bertz CT molecular complexity index is 1190. The molecule has 0 aliphatic rings. The third-order valence-corrected chi connectivity index (χ3v) is 5.47. The van der Waals surface area contributed by atoms with E-state index in [4.69, 9.17) is 14.9 Å². The number of carbonyl (C=O) groups is 5. The van der Waals surface area contributed by atoms with E-state index in [2.05, 4.69) is 31.6 Å². The summed E-state index contributed by atoms with van der Waals surface area (Å²) in [7, 11) is 0. The fraction of sp³-hybridized carbons (Fsp3) is 0.458. The molecule has 224 valence electrons. The number of unbranched alkanes of at least 4 members (excludes halogenated alkanes) is 1. The molecule has 0 radical (unpaired) electrons. The predicted octanol–water partition coefficient (Wildman–Crippen LogP) is 1.19. The van der Waals surface area contributed by atoms with Gasteiger partial charge in [0, 0.05) is 13.0 Å². The molecule has 0 saturated heterocycles. The predicted molar refractivity (Wildman–Crippen MR) is 139 cm³/mol. The summed E-state index contributed by atoms with van der Waals surface area (Å²) >= 11 is 0. The lowest BCUT2D eigenvalue weighted by Crippen LogP contribution is -2.51. The van der Waals surface area contributed by atoms with E-state index in [9.17, 15) is 33.5 Å². The van der Waals surface area contributed by atoms with Crippen LogP contribution in [0.2, 0.25) is 0 Å². The number of anilines is 1. The summed E-state index contributed by atoms with van der Waals surface area (Å²) < 4.78 is 19.5.